The lowest BCUT2D eigenvalue weighted by atomic mass is 9.96. The van der Waals surface area contributed by atoms with Gasteiger partial charge in [0.15, 0.2) is 0 Å². The summed E-state index contributed by atoms with van der Waals surface area (Å²) in [4.78, 5) is 4.75. The molecule has 0 bridgehead atoms. The summed E-state index contributed by atoms with van der Waals surface area (Å²) in [5.41, 5.74) is 20.7. The molecular formula is C80H54N4. The van der Waals surface area contributed by atoms with E-state index in [0.29, 0.717) is 0 Å². The van der Waals surface area contributed by atoms with Crippen molar-refractivity contribution in [3.05, 3.63) is 328 Å². The van der Waals surface area contributed by atoms with Crippen LogP contribution >= 0.6 is 0 Å². The second kappa shape index (κ2) is 20.4. The van der Waals surface area contributed by atoms with Crippen molar-refractivity contribution in [3.8, 4) is 44.8 Å². The van der Waals surface area contributed by atoms with Gasteiger partial charge in [-0.2, -0.15) is 0 Å². The zero-order valence-corrected chi connectivity index (χ0v) is 46.0. The highest BCUT2D eigenvalue weighted by Crippen LogP contribution is 2.45. The van der Waals surface area contributed by atoms with Crippen LogP contribution in [0.3, 0.4) is 0 Å². The van der Waals surface area contributed by atoms with Gasteiger partial charge in [-0.15, -0.1) is 0 Å². The third-order valence-electron chi connectivity index (χ3n) is 16.9. The molecule has 16 rings (SSSR count). The smallest absolute Gasteiger partial charge is 0.0547 e. The topological polar surface area (TPSA) is 16.3 Å². The fraction of sp³-hybridized carbons (Fsp3) is 0. The zero-order valence-electron chi connectivity index (χ0n) is 46.0. The van der Waals surface area contributed by atoms with Gasteiger partial charge in [-0.05, 0) is 153 Å². The Morgan fingerprint density at radius 3 is 1.07 bits per heavy atom. The number of rotatable bonds is 11. The Bertz CT molecular complexity index is 5040. The van der Waals surface area contributed by atoms with E-state index in [1.807, 2.05) is 0 Å². The molecule has 2 aromatic heterocycles. The van der Waals surface area contributed by atoms with Crippen molar-refractivity contribution in [1.29, 1.82) is 0 Å². The molecule has 0 radical (unpaired) electrons. The number of para-hydroxylation sites is 5. The number of hydrogen-bond acceptors (Lipinski definition) is 2. The molecule has 14 aromatic carbocycles. The van der Waals surface area contributed by atoms with E-state index in [1.165, 1.54) is 87.4 Å². The Kier molecular flexibility index (Phi) is 11.8. The van der Waals surface area contributed by atoms with Crippen LogP contribution in [-0.2, 0) is 0 Å². The monoisotopic (exact) mass is 1070 g/mol. The molecule has 0 saturated carbocycles. The number of aromatic nitrogens is 2. The van der Waals surface area contributed by atoms with Crippen molar-refractivity contribution in [1.82, 2.24) is 9.13 Å². The minimum absolute atomic E-state index is 1.08. The van der Waals surface area contributed by atoms with Gasteiger partial charge in [-0.25, -0.2) is 0 Å². The number of benzene rings is 14. The van der Waals surface area contributed by atoms with Crippen LogP contribution in [0.5, 0.6) is 0 Å². The third kappa shape index (κ3) is 8.30. The lowest BCUT2D eigenvalue weighted by molar-refractivity contribution is 1.18. The lowest BCUT2D eigenvalue weighted by Gasteiger charge is -2.27. The summed E-state index contributed by atoms with van der Waals surface area (Å²) in [5, 5.41) is 9.79. The van der Waals surface area contributed by atoms with E-state index in [0.717, 1.165) is 56.6 Å². The summed E-state index contributed by atoms with van der Waals surface area (Å²) in [6, 6.07) is 119. The first-order valence-corrected chi connectivity index (χ1v) is 28.8. The van der Waals surface area contributed by atoms with Crippen molar-refractivity contribution in [2.45, 2.75) is 0 Å². The molecule has 0 spiro atoms. The van der Waals surface area contributed by atoms with Gasteiger partial charge in [0, 0.05) is 66.4 Å². The largest absolute Gasteiger partial charge is 0.310 e. The van der Waals surface area contributed by atoms with Gasteiger partial charge < -0.3 is 18.9 Å². The molecule has 2 heterocycles. The van der Waals surface area contributed by atoms with Crippen LogP contribution in [0.15, 0.2) is 328 Å². The first kappa shape index (κ1) is 48.7. The Hall–Kier alpha value is -11.2. The van der Waals surface area contributed by atoms with Crippen LogP contribution in [0.25, 0.3) is 110 Å². The Morgan fingerprint density at radius 2 is 0.548 bits per heavy atom. The predicted molar refractivity (Wildman–Crippen MR) is 356 cm³/mol. The fourth-order valence-corrected chi connectivity index (χ4v) is 13.0. The summed E-state index contributed by atoms with van der Waals surface area (Å²) >= 11 is 0. The third-order valence-corrected chi connectivity index (χ3v) is 16.9. The molecule has 4 nitrogen and oxygen atoms in total. The van der Waals surface area contributed by atoms with E-state index in [9.17, 15) is 0 Å². The van der Waals surface area contributed by atoms with Crippen LogP contribution < -0.4 is 9.80 Å². The first-order chi connectivity index (χ1) is 41.7. The highest BCUT2D eigenvalue weighted by Gasteiger charge is 2.21. The molecular weight excluding hydrogens is 1020 g/mol. The molecule has 394 valence electrons. The number of anilines is 6. The summed E-state index contributed by atoms with van der Waals surface area (Å²) in [6.45, 7) is 0. The lowest BCUT2D eigenvalue weighted by Crippen LogP contribution is -2.10. The molecule has 4 heteroatoms. The van der Waals surface area contributed by atoms with Crippen molar-refractivity contribution < 1.29 is 0 Å². The maximum absolute atomic E-state index is 2.43. The van der Waals surface area contributed by atoms with E-state index >= 15 is 0 Å². The van der Waals surface area contributed by atoms with E-state index in [4.69, 9.17) is 0 Å². The van der Waals surface area contributed by atoms with Crippen molar-refractivity contribution in [2.24, 2.45) is 0 Å². The highest BCUT2D eigenvalue weighted by molar-refractivity contribution is 6.13. The van der Waals surface area contributed by atoms with E-state index < -0.39 is 0 Å². The van der Waals surface area contributed by atoms with Crippen molar-refractivity contribution in [3.63, 3.8) is 0 Å². The number of hydrogen-bond donors (Lipinski definition) is 0. The fourth-order valence-electron chi connectivity index (χ4n) is 13.0. The Labute approximate surface area is 487 Å². The molecule has 0 aliphatic rings. The summed E-state index contributed by atoms with van der Waals surface area (Å²) in [5.74, 6) is 0. The zero-order chi connectivity index (χ0) is 55.5. The number of nitrogens with zero attached hydrogens (tertiary/aromatic N) is 4. The van der Waals surface area contributed by atoms with E-state index in [1.54, 1.807) is 0 Å². The maximum Gasteiger partial charge on any atom is 0.0547 e. The van der Waals surface area contributed by atoms with Crippen LogP contribution in [0, 0.1) is 0 Å². The molecule has 16 aromatic rings. The molecule has 0 aliphatic carbocycles. The summed E-state index contributed by atoms with van der Waals surface area (Å²) in [6.07, 6.45) is 0. The number of fused-ring (bicyclic) bond motifs is 8. The second-order valence-corrected chi connectivity index (χ2v) is 21.7. The molecule has 84 heavy (non-hydrogen) atoms. The molecule has 0 aliphatic heterocycles. The van der Waals surface area contributed by atoms with Crippen molar-refractivity contribution in [2.75, 3.05) is 9.80 Å². The quantitative estimate of drug-likeness (QED) is 0.128. The van der Waals surface area contributed by atoms with Gasteiger partial charge in [-0.1, -0.05) is 218 Å². The van der Waals surface area contributed by atoms with Crippen LogP contribution in [0.1, 0.15) is 0 Å². The van der Waals surface area contributed by atoms with E-state index in [2.05, 4.69) is 347 Å². The molecule has 0 fully saturated rings. The maximum atomic E-state index is 2.43. The summed E-state index contributed by atoms with van der Waals surface area (Å²) in [7, 11) is 0. The average molecular weight is 1070 g/mol. The van der Waals surface area contributed by atoms with Gasteiger partial charge in [0.2, 0.25) is 0 Å². The van der Waals surface area contributed by atoms with Gasteiger partial charge in [0.25, 0.3) is 0 Å². The first-order valence-electron chi connectivity index (χ1n) is 28.8. The molecule has 0 atom stereocenters. The molecule has 0 saturated heterocycles. The van der Waals surface area contributed by atoms with E-state index in [-0.39, 0.29) is 0 Å². The van der Waals surface area contributed by atoms with Crippen LogP contribution in [0.2, 0.25) is 0 Å². The standard InChI is InChI=1S/C80H54N4/c1-3-20-61(21-4-1)81(75-34-15-19-59-18-7-8-24-68(59)75)63-45-36-55(37-46-63)56-38-47-64(48-39-56)82(62-22-5-2-6-23-62)76-35-17-29-69-67(28-16-30-70(69)76)60-44-53-74-73-27-11-14-33-79(73)84(80(74)54-60)66-51-42-58(43-52-66)57-40-49-65(50-41-57)83-77-31-12-9-25-71(77)72-26-10-13-32-78(72)83/h1-54H. The SMILES string of the molecule is c1ccc(N(c2ccc(-c3ccc(N(c4ccccc4)c4cccc5c(-c6ccc7c8ccccc8n(-c8ccc(-c9ccc(-n%10c%11ccccc%11c%11ccccc%11%10)cc9)cc8)c7c6)cccc45)cc3)cc2)c2cccc3ccccc23)cc1. The van der Waals surface area contributed by atoms with Gasteiger partial charge in [0.1, 0.15) is 0 Å². The minimum Gasteiger partial charge on any atom is -0.310 e. The predicted octanol–water partition coefficient (Wildman–Crippen LogP) is 22.1. The summed E-state index contributed by atoms with van der Waals surface area (Å²) < 4.78 is 4.81. The minimum atomic E-state index is 1.08. The molecule has 0 N–H and O–H groups in total. The van der Waals surface area contributed by atoms with Crippen molar-refractivity contribution >= 4 is 99.3 Å². The molecule has 0 amide bonds. The Balaban J connectivity index is 0.726. The molecule has 0 unspecified atom stereocenters. The highest BCUT2D eigenvalue weighted by atomic mass is 15.1. The van der Waals surface area contributed by atoms with Gasteiger partial charge in [-0.3, -0.25) is 0 Å². The van der Waals surface area contributed by atoms with Crippen LogP contribution in [0.4, 0.5) is 34.1 Å². The van der Waals surface area contributed by atoms with Crippen LogP contribution in [-0.4, -0.2) is 9.13 Å². The van der Waals surface area contributed by atoms with Gasteiger partial charge >= 0.3 is 0 Å². The average Bonchev–Trinajstić information content (AvgIpc) is 3.75. The van der Waals surface area contributed by atoms with Gasteiger partial charge in [0.05, 0.1) is 33.4 Å². The second-order valence-electron chi connectivity index (χ2n) is 21.7. The normalized spacial score (nSPS) is 11.6. The Morgan fingerprint density at radius 1 is 0.202 bits per heavy atom.